The van der Waals surface area contributed by atoms with Gasteiger partial charge in [0.1, 0.15) is 0 Å². The molecular formula is C16H23N3OS. The van der Waals surface area contributed by atoms with Gasteiger partial charge in [-0.15, -0.1) is 0 Å². The van der Waals surface area contributed by atoms with E-state index in [-0.39, 0.29) is 11.9 Å². The van der Waals surface area contributed by atoms with Crippen molar-refractivity contribution in [2.24, 2.45) is 5.73 Å². The number of thiocarbonyl (C=S) groups is 1. The second-order valence-corrected chi connectivity index (χ2v) is 6.13. The van der Waals surface area contributed by atoms with Crippen molar-refractivity contribution < 1.29 is 4.79 Å². The molecule has 0 aliphatic carbocycles. The van der Waals surface area contributed by atoms with Gasteiger partial charge in [-0.1, -0.05) is 42.5 Å². The number of carbonyl (C=O) groups is 1. The van der Waals surface area contributed by atoms with Crippen LogP contribution in [0.2, 0.25) is 0 Å². The first-order valence-electron chi connectivity index (χ1n) is 7.40. The second-order valence-electron chi connectivity index (χ2n) is 5.61. The number of nitrogens with two attached hydrogens (primary N) is 1. The number of amides is 1. The number of likely N-dealkylation sites (tertiary alicyclic amines) is 1. The third-order valence-corrected chi connectivity index (χ3v) is 4.12. The third-order valence-electron chi connectivity index (χ3n) is 3.96. The van der Waals surface area contributed by atoms with E-state index >= 15 is 0 Å². The minimum absolute atomic E-state index is 0.0520. The van der Waals surface area contributed by atoms with Crippen molar-refractivity contribution in [3.05, 3.63) is 35.9 Å². The number of benzene rings is 1. The van der Waals surface area contributed by atoms with Gasteiger partial charge in [0.25, 0.3) is 0 Å². The van der Waals surface area contributed by atoms with Gasteiger partial charge in [-0.2, -0.15) is 0 Å². The van der Waals surface area contributed by atoms with Crippen molar-refractivity contribution in [3.63, 3.8) is 0 Å². The summed E-state index contributed by atoms with van der Waals surface area (Å²) >= 11 is 5.12. The lowest BCUT2D eigenvalue weighted by atomic mass is 9.97. The van der Waals surface area contributed by atoms with Crippen LogP contribution in [0.1, 0.15) is 37.8 Å². The van der Waals surface area contributed by atoms with Crippen molar-refractivity contribution in [2.75, 3.05) is 13.1 Å². The van der Waals surface area contributed by atoms with Gasteiger partial charge >= 0.3 is 0 Å². The SMILES string of the molecule is CC(=O)NC1CCN(C(CC(N)=S)c2ccccc2)CC1. The molecule has 1 unspecified atom stereocenters. The van der Waals surface area contributed by atoms with E-state index in [1.165, 1.54) is 5.56 Å². The average Bonchev–Trinajstić information content (AvgIpc) is 2.46. The number of rotatable bonds is 5. The monoisotopic (exact) mass is 305 g/mol. The molecular weight excluding hydrogens is 282 g/mol. The molecule has 3 N–H and O–H groups in total. The van der Waals surface area contributed by atoms with Crippen molar-refractivity contribution in [2.45, 2.75) is 38.3 Å². The Hall–Kier alpha value is -1.46. The van der Waals surface area contributed by atoms with Gasteiger partial charge in [-0.05, 0) is 18.4 Å². The lowest BCUT2D eigenvalue weighted by Gasteiger charge is -2.38. The summed E-state index contributed by atoms with van der Waals surface area (Å²) in [7, 11) is 0. The van der Waals surface area contributed by atoms with E-state index in [0.717, 1.165) is 25.9 Å². The quantitative estimate of drug-likeness (QED) is 0.817. The summed E-state index contributed by atoms with van der Waals surface area (Å²) in [4.78, 5) is 14.1. The summed E-state index contributed by atoms with van der Waals surface area (Å²) in [5.74, 6) is 0.0520. The number of hydrogen-bond donors (Lipinski definition) is 2. The molecule has 1 atom stereocenters. The van der Waals surface area contributed by atoms with E-state index in [2.05, 4.69) is 22.3 Å². The summed E-state index contributed by atoms with van der Waals surface area (Å²) < 4.78 is 0. The zero-order valence-corrected chi connectivity index (χ0v) is 13.2. The van der Waals surface area contributed by atoms with Gasteiger partial charge in [-0.25, -0.2) is 0 Å². The first-order chi connectivity index (χ1) is 10.1. The lowest BCUT2D eigenvalue weighted by Crippen LogP contribution is -2.45. The molecule has 0 spiro atoms. The Morgan fingerprint density at radius 3 is 2.52 bits per heavy atom. The summed E-state index contributed by atoms with van der Waals surface area (Å²) in [6, 6.07) is 10.9. The molecule has 0 radical (unpaired) electrons. The first-order valence-corrected chi connectivity index (χ1v) is 7.81. The largest absolute Gasteiger partial charge is 0.393 e. The molecule has 1 fully saturated rings. The van der Waals surface area contributed by atoms with Crippen molar-refractivity contribution in [1.29, 1.82) is 0 Å². The Morgan fingerprint density at radius 2 is 2.00 bits per heavy atom. The van der Waals surface area contributed by atoms with E-state index in [1.54, 1.807) is 6.92 Å². The fourth-order valence-electron chi connectivity index (χ4n) is 2.97. The zero-order valence-electron chi connectivity index (χ0n) is 12.4. The highest BCUT2D eigenvalue weighted by molar-refractivity contribution is 7.80. The van der Waals surface area contributed by atoms with Gasteiger partial charge in [0, 0.05) is 38.5 Å². The molecule has 1 aliphatic heterocycles. The molecule has 0 bridgehead atoms. The molecule has 1 aromatic carbocycles. The average molecular weight is 305 g/mol. The zero-order chi connectivity index (χ0) is 15.2. The number of piperidine rings is 1. The number of nitrogens with one attached hydrogen (secondary N) is 1. The molecule has 2 rings (SSSR count). The number of carbonyl (C=O) groups excluding carboxylic acids is 1. The normalized spacial score (nSPS) is 18.1. The lowest BCUT2D eigenvalue weighted by molar-refractivity contribution is -0.120. The first kappa shape index (κ1) is 15.9. The highest BCUT2D eigenvalue weighted by atomic mass is 32.1. The van der Waals surface area contributed by atoms with Crippen LogP contribution in [-0.4, -0.2) is 34.9 Å². The maximum Gasteiger partial charge on any atom is 0.217 e. The molecule has 4 nitrogen and oxygen atoms in total. The van der Waals surface area contributed by atoms with E-state index in [1.807, 2.05) is 18.2 Å². The molecule has 1 amide bonds. The van der Waals surface area contributed by atoms with Crippen molar-refractivity contribution in [3.8, 4) is 0 Å². The Bertz CT molecular complexity index is 484. The Labute approximate surface area is 131 Å². The molecule has 1 saturated heterocycles. The maximum absolute atomic E-state index is 11.1. The van der Waals surface area contributed by atoms with Gasteiger partial charge in [0.05, 0.1) is 4.99 Å². The van der Waals surface area contributed by atoms with Crippen LogP contribution >= 0.6 is 12.2 Å². The predicted molar refractivity (Wildman–Crippen MR) is 89.0 cm³/mol. The van der Waals surface area contributed by atoms with Crippen LogP contribution in [0.25, 0.3) is 0 Å². The third kappa shape index (κ3) is 4.79. The number of nitrogens with zero attached hydrogens (tertiary/aromatic N) is 1. The Balaban J connectivity index is 2.02. The summed E-state index contributed by atoms with van der Waals surface area (Å²) in [6.45, 7) is 3.48. The maximum atomic E-state index is 11.1. The molecule has 21 heavy (non-hydrogen) atoms. The van der Waals surface area contributed by atoms with Crippen LogP contribution < -0.4 is 11.1 Å². The highest BCUT2D eigenvalue weighted by Crippen LogP contribution is 2.27. The molecule has 5 heteroatoms. The summed E-state index contributed by atoms with van der Waals surface area (Å²) in [5.41, 5.74) is 7.03. The molecule has 114 valence electrons. The molecule has 0 aromatic heterocycles. The van der Waals surface area contributed by atoms with Crippen LogP contribution in [0, 0.1) is 0 Å². The molecule has 0 saturated carbocycles. The Morgan fingerprint density at radius 1 is 1.38 bits per heavy atom. The molecule has 1 aliphatic rings. The fourth-order valence-corrected chi connectivity index (χ4v) is 3.12. The topological polar surface area (TPSA) is 58.4 Å². The van der Waals surface area contributed by atoms with E-state index < -0.39 is 0 Å². The number of hydrogen-bond acceptors (Lipinski definition) is 3. The van der Waals surface area contributed by atoms with Gasteiger partial charge < -0.3 is 11.1 Å². The van der Waals surface area contributed by atoms with Gasteiger partial charge in [0.2, 0.25) is 5.91 Å². The van der Waals surface area contributed by atoms with Gasteiger partial charge in [-0.3, -0.25) is 9.69 Å². The summed E-state index contributed by atoms with van der Waals surface area (Å²) in [5, 5.41) is 3.01. The Kier molecular flexibility index (Phi) is 5.70. The molecule has 1 aromatic rings. The van der Waals surface area contributed by atoms with Crippen molar-refractivity contribution in [1.82, 2.24) is 10.2 Å². The standard InChI is InChI=1S/C16H23N3OS/c1-12(20)18-14-7-9-19(10-8-14)15(11-16(17)21)13-5-3-2-4-6-13/h2-6,14-15H,7-11H2,1H3,(H2,17,21)(H,18,20). The van der Waals surface area contributed by atoms with Crippen LogP contribution in [0.15, 0.2) is 30.3 Å². The van der Waals surface area contributed by atoms with Crippen LogP contribution in [-0.2, 0) is 4.79 Å². The highest BCUT2D eigenvalue weighted by Gasteiger charge is 2.26. The van der Waals surface area contributed by atoms with E-state index in [0.29, 0.717) is 17.5 Å². The van der Waals surface area contributed by atoms with Gasteiger partial charge in [0.15, 0.2) is 0 Å². The van der Waals surface area contributed by atoms with E-state index in [9.17, 15) is 4.79 Å². The second kappa shape index (κ2) is 7.52. The molecule has 1 heterocycles. The van der Waals surface area contributed by atoms with E-state index in [4.69, 9.17) is 18.0 Å². The minimum Gasteiger partial charge on any atom is -0.393 e. The smallest absolute Gasteiger partial charge is 0.217 e. The fraction of sp³-hybridized carbons (Fsp3) is 0.500. The summed E-state index contributed by atoms with van der Waals surface area (Å²) in [6.07, 6.45) is 2.64. The minimum atomic E-state index is 0.0520. The van der Waals surface area contributed by atoms with Crippen molar-refractivity contribution >= 4 is 23.1 Å². The van der Waals surface area contributed by atoms with Crippen LogP contribution in [0.5, 0.6) is 0 Å². The van der Waals surface area contributed by atoms with Crippen LogP contribution in [0.3, 0.4) is 0 Å². The predicted octanol–water partition coefficient (Wildman–Crippen LogP) is 2.00. The van der Waals surface area contributed by atoms with Crippen LogP contribution in [0.4, 0.5) is 0 Å².